The van der Waals surface area contributed by atoms with Gasteiger partial charge >= 0.3 is 1.41 Å². The van der Waals surface area contributed by atoms with Crippen LogP contribution in [0, 0.1) is 12.3 Å². The molecule has 0 atom stereocenters. The van der Waals surface area contributed by atoms with Gasteiger partial charge in [-0.3, -0.25) is 4.99 Å². The van der Waals surface area contributed by atoms with E-state index in [1.165, 1.54) is 5.31 Å². The number of rotatable bonds is 2. The first-order chi connectivity index (χ1) is 10.9. The zero-order valence-electron chi connectivity index (χ0n) is 17.5. The number of aromatic nitrogens is 3. The van der Waals surface area contributed by atoms with Gasteiger partial charge in [-0.05, 0) is 27.7 Å². The monoisotopic (exact) mass is 289 g/mol. The van der Waals surface area contributed by atoms with E-state index in [4.69, 9.17) is 5.65 Å². The molecule has 0 bridgehead atoms. The summed E-state index contributed by atoms with van der Waals surface area (Å²) in [6.45, 7) is 7.70. The summed E-state index contributed by atoms with van der Waals surface area (Å²) in [4.78, 5) is 15.0. The van der Waals surface area contributed by atoms with E-state index in [2.05, 4.69) is 33.8 Å². The van der Waals surface area contributed by atoms with Gasteiger partial charge in [0, 0.05) is 21.1 Å². The van der Waals surface area contributed by atoms with Crippen LogP contribution in [0.25, 0.3) is 0 Å². The molecule has 116 valence electrons. The fourth-order valence-electron chi connectivity index (χ4n) is 0.754. The number of anilines is 2. The van der Waals surface area contributed by atoms with Gasteiger partial charge in [-0.2, -0.15) is 15.0 Å². The normalized spacial score (nSPS) is 10.4. The van der Waals surface area contributed by atoms with Gasteiger partial charge in [0.25, 0.3) is 0 Å². The molecule has 0 aliphatic heterocycles. The summed E-state index contributed by atoms with van der Waals surface area (Å²) in [6, 6.07) is 0. The van der Waals surface area contributed by atoms with Crippen molar-refractivity contribution in [3.05, 3.63) is 5.82 Å². The zero-order chi connectivity index (χ0) is 19.9. The van der Waals surface area contributed by atoms with Gasteiger partial charge in [0.15, 0.2) is 2.82 Å². The molecule has 0 unspecified atom stereocenters. The lowest BCUT2D eigenvalue weighted by Crippen LogP contribution is -2.59. The van der Waals surface area contributed by atoms with E-state index in [1.54, 1.807) is 40.0 Å². The Labute approximate surface area is 128 Å². The molecule has 4 N–H and O–H groups in total. The fraction of sp³-hybridized carbons (Fsp3) is 0.583. The minimum absolute atomic E-state index is 0.358. The van der Waals surface area contributed by atoms with Crippen LogP contribution in [0.2, 0.25) is 5.65 Å². The quantitative estimate of drug-likeness (QED) is 0.509. The first-order valence-electron chi connectivity index (χ1n) is 7.39. The number of aryl methyl sites for hydroxylation is 1. The lowest BCUT2D eigenvalue weighted by molar-refractivity contribution is -0.409. The molecule has 0 radical (unpaired) electrons. The molecule has 1 heterocycles. The summed E-state index contributed by atoms with van der Waals surface area (Å²) in [7, 11) is 10.2. The highest BCUT2D eigenvalue weighted by Crippen LogP contribution is 2.05. The third kappa shape index (κ3) is 14.0. The molecule has 0 aromatic carbocycles. The van der Waals surface area contributed by atoms with Crippen LogP contribution in [0.15, 0.2) is 0 Å². The van der Waals surface area contributed by atoms with Crippen molar-refractivity contribution in [1.29, 1.82) is 5.40 Å². The predicted octanol–water partition coefficient (Wildman–Crippen LogP) is -1.21. The third-order valence-electron chi connectivity index (χ3n) is 1.32. The smallest absolute Gasteiger partial charge is 0.357 e. The summed E-state index contributed by atoms with van der Waals surface area (Å²) in [5.41, 5.74) is 0. The van der Waals surface area contributed by atoms with Gasteiger partial charge in [0.05, 0.1) is 0 Å². The highest BCUT2D eigenvalue weighted by molar-refractivity contribution is 5.34. The molecular formula is C12H29N8+. The van der Waals surface area contributed by atoms with Crippen molar-refractivity contribution < 1.29 is 10.6 Å². The van der Waals surface area contributed by atoms with Crippen LogP contribution in [-0.2, 0) is 0 Å². The van der Waals surface area contributed by atoms with E-state index in [9.17, 15) is 0 Å². The molecule has 0 fully saturated rings. The van der Waals surface area contributed by atoms with Crippen molar-refractivity contribution in [2.45, 2.75) is 6.92 Å². The third-order valence-corrected chi connectivity index (χ3v) is 1.32. The number of hydrogen-bond acceptors (Lipinski definition) is 7. The standard InChI is InChI=1S/C7H13N5.C2H7N.C2H5N.CH3N/c1-5-9-6(8-2)11-7(10-5)12(3)4;2*1-3-2;1-2/h1-4H3,(H,8,9,10,11);3H,1-2H3;1H2,2H3;2H,1H2/p+1/i/hD4. The van der Waals surface area contributed by atoms with Gasteiger partial charge in [0.1, 0.15) is 21.0 Å². The number of nitrogens with one attached hydrogen (secondary N) is 4. The molecule has 1 rings (SSSR count). The number of hydrogen-bond donors (Lipinski definition) is 4. The molecule has 1 aromatic rings. The minimum Gasteiger partial charge on any atom is -0.357 e. The lowest BCUT2D eigenvalue weighted by Gasteiger charge is -2.10. The Hall–Kier alpha value is -2.09. The van der Waals surface area contributed by atoms with Crippen molar-refractivity contribution in [1.82, 2.24) is 20.3 Å². The van der Waals surface area contributed by atoms with E-state index in [0.717, 1.165) is 10.3 Å². The van der Waals surface area contributed by atoms with Crippen LogP contribution in [0.3, 0.4) is 0 Å². The predicted molar refractivity (Wildman–Crippen MR) is 87.3 cm³/mol. The maximum Gasteiger partial charge on any atom is 0.444 e. The zero-order valence-corrected chi connectivity index (χ0v) is 13.5. The van der Waals surface area contributed by atoms with Crippen molar-refractivity contribution in [2.24, 2.45) is 0 Å². The number of nitrogens with zero attached hydrogens (tertiary/aromatic N) is 4. The molecule has 0 saturated heterocycles. The van der Waals surface area contributed by atoms with Gasteiger partial charge < -0.3 is 20.9 Å². The molecular weight excluding hydrogens is 256 g/mol. The van der Waals surface area contributed by atoms with Gasteiger partial charge in [-0.1, -0.05) is 0 Å². The summed E-state index contributed by atoms with van der Waals surface area (Å²) < 4.78 is 25.8. The SMILES string of the molecule is [2H]N(C)C.[2H]N(C)c1nc(C)nc(N(C)C)n1.[2H]N=C.[2H][N+](=C)C. The van der Waals surface area contributed by atoms with Crippen molar-refractivity contribution in [2.75, 3.05) is 52.5 Å². The average molecular weight is 289 g/mol. The maximum absolute atomic E-state index is 7.32. The Morgan fingerprint density at radius 2 is 1.75 bits per heavy atom. The Kier molecular flexibility index (Phi) is 12.1. The van der Waals surface area contributed by atoms with Crippen LogP contribution in [0.5, 0.6) is 0 Å². The van der Waals surface area contributed by atoms with Crippen LogP contribution < -0.4 is 20.5 Å². The molecule has 0 spiro atoms. The van der Waals surface area contributed by atoms with E-state index in [1.807, 2.05) is 14.1 Å². The Morgan fingerprint density at radius 1 is 1.35 bits per heavy atom. The molecule has 0 amide bonds. The van der Waals surface area contributed by atoms with E-state index in [0.29, 0.717) is 17.7 Å². The summed E-state index contributed by atoms with van der Waals surface area (Å²) in [6.07, 6.45) is 0. The van der Waals surface area contributed by atoms with Crippen molar-refractivity contribution in [3.63, 3.8) is 0 Å². The minimum atomic E-state index is 0.358. The van der Waals surface area contributed by atoms with Crippen LogP contribution >= 0.6 is 0 Å². The molecule has 20 heavy (non-hydrogen) atoms. The van der Waals surface area contributed by atoms with E-state index >= 15 is 0 Å². The molecule has 8 nitrogen and oxygen atoms in total. The van der Waals surface area contributed by atoms with Gasteiger partial charge in [-0.25, -0.2) is 0 Å². The summed E-state index contributed by atoms with van der Waals surface area (Å²) >= 11 is 0. The first-order valence-corrected chi connectivity index (χ1v) is 5.60. The molecule has 0 aliphatic rings. The van der Waals surface area contributed by atoms with Crippen LogP contribution in [-0.4, -0.2) is 70.7 Å². The van der Waals surface area contributed by atoms with E-state index in [-0.39, 0.29) is 0 Å². The molecule has 8 heteroatoms. The molecule has 1 aromatic heterocycles. The Morgan fingerprint density at radius 3 is 2.05 bits per heavy atom. The Bertz CT molecular complexity index is 435. The highest BCUT2D eigenvalue weighted by Gasteiger charge is 2.02. The summed E-state index contributed by atoms with van der Waals surface area (Å²) in [5.74, 6) is 1.55. The van der Waals surface area contributed by atoms with Crippen molar-refractivity contribution in [3.8, 4) is 0 Å². The second-order valence-electron chi connectivity index (χ2n) is 3.36. The van der Waals surface area contributed by atoms with Gasteiger partial charge in [-0.15, -0.1) is 0 Å². The lowest BCUT2D eigenvalue weighted by atomic mass is 10.6. The second-order valence-corrected chi connectivity index (χ2v) is 3.36. The largest absolute Gasteiger partial charge is 0.444 e. The van der Waals surface area contributed by atoms with Crippen LogP contribution in [0.1, 0.15) is 5.82 Å². The fourth-order valence-corrected chi connectivity index (χ4v) is 0.754. The second kappa shape index (κ2) is 16.9. The highest BCUT2D eigenvalue weighted by atomic mass is 15.3. The average Bonchev–Trinajstić information content (AvgIpc) is 2.37. The van der Waals surface area contributed by atoms with Crippen molar-refractivity contribution >= 4 is 25.3 Å². The molecule has 0 aliphatic carbocycles. The van der Waals surface area contributed by atoms with Gasteiger partial charge in [0.2, 0.25) is 11.9 Å². The van der Waals surface area contributed by atoms with Crippen LogP contribution in [0.4, 0.5) is 11.9 Å². The topological polar surface area (TPSA) is 104 Å². The molecule has 0 saturated carbocycles. The maximum atomic E-state index is 7.32. The Balaban J connectivity index is -0.000000331. The summed E-state index contributed by atoms with van der Waals surface area (Å²) in [5, 5.41) is 4.86. The first kappa shape index (κ1) is 14.3. The van der Waals surface area contributed by atoms with E-state index < -0.39 is 0 Å².